The van der Waals surface area contributed by atoms with Crippen LogP contribution in [0.3, 0.4) is 0 Å². The highest BCUT2D eigenvalue weighted by Gasteiger charge is 2.41. The third-order valence-corrected chi connectivity index (χ3v) is 5.90. The van der Waals surface area contributed by atoms with Gasteiger partial charge in [0.25, 0.3) is 5.91 Å². The van der Waals surface area contributed by atoms with Crippen molar-refractivity contribution >= 4 is 11.8 Å². The number of carbonyl (C=O) groups excluding carboxylic acids is 2. The molecule has 1 aromatic rings. The van der Waals surface area contributed by atoms with Gasteiger partial charge >= 0.3 is 0 Å². The molecule has 3 saturated heterocycles. The summed E-state index contributed by atoms with van der Waals surface area (Å²) in [7, 11) is 0. The maximum atomic E-state index is 12.4. The minimum absolute atomic E-state index is 0.125. The van der Waals surface area contributed by atoms with Gasteiger partial charge in [-0.3, -0.25) is 9.59 Å². The third kappa shape index (κ3) is 3.43. The number of piperidine rings is 1. The summed E-state index contributed by atoms with van der Waals surface area (Å²) in [6, 6.07) is 7.78. The van der Waals surface area contributed by atoms with E-state index in [1.54, 1.807) is 0 Å². The molecule has 0 N–H and O–H groups in total. The van der Waals surface area contributed by atoms with Crippen LogP contribution in [0.4, 0.5) is 0 Å². The molecule has 0 unspecified atom stereocenters. The van der Waals surface area contributed by atoms with Crippen LogP contribution in [0.25, 0.3) is 0 Å². The minimum Gasteiger partial charge on any atom is -0.381 e. The number of amides is 2. The zero-order valence-electron chi connectivity index (χ0n) is 14.7. The van der Waals surface area contributed by atoms with Crippen molar-refractivity contribution in [3.63, 3.8) is 0 Å². The monoisotopic (exact) mass is 342 g/mol. The Labute approximate surface area is 148 Å². The molecule has 3 aliphatic rings. The van der Waals surface area contributed by atoms with E-state index in [1.165, 1.54) is 0 Å². The number of hydrogen-bond acceptors (Lipinski definition) is 3. The molecule has 2 amide bonds. The number of likely N-dealkylation sites (tertiary alicyclic amines) is 2. The van der Waals surface area contributed by atoms with E-state index < -0.39 is 0 Å². The summed E-state index contributed by atoms with van der Waals surface area (Å²) in [6.45, 7) is 4.74. The second kappa shape index (κ2) is 6.79. The first-order valence-electron chi connectivity index (χ1n) is 9.39. The molecule has 5 heteroatoms. The van der Waals surface area contributed by atoms with Gasteiger partial charge in [0, 0.05) is 50.2 Å². The van der Waals surface area contributed by atoms with Crippen molar-refractivity contribution in [3.8, 4) is 0 Å². The predicted octanol–water partition coefficient (Wildman–Crippen LogP) is 2.45. The van der Waals surface area contributed by atoms with Crippen molar-refractivity contribution in [2.45, 2.75) is 38.6 Å². The smallest absolute Gasteiger partial charge is 0.253 e. The summed E-state index contributed by atoms with van der Waals surface area (Å²) < 4.78 is 5.58. The van der Waals surface area contributed by atoms with Crippen molar-refractivity contribution in [1.29, 1.82) is 0 Å². The lowest BCUT2D eigenvalue weighted by Crippen LogP contribution is -2.46. The molecule has 3 heterocycles. The topological polar surface area (TPSA) is 49.9 Å². The molecule has 3 fully saturated rings. The minimum atomic E-state index is 0.125. The van der Waals surface area contributed by atoms with Crippen LogP contribution < -0.4 is 0 Å². The van der Waals surface area contributed by atoms with Gasteiger partial charge in [0.15, 0.2) is 0 Å². The molecular weight excluding hydrogens is 316 g/mol. The number of rotatable bonds is 3. The molecule has 25 heavy (non-hydrogen) atoms. The number of carbonyl (C=O) groups is 2. The fourth-order valence-corrected chi connectivity index (χ4v) is 4.29. The summed E-state index contributed by atoms with van der Waals surface area (Å²) in [4.78, 5) is 28.6. The normalized spacial score (nSPS) is 26.6. The molecule has 1 aromatic carbocycles. The molecule has 134 valence electrons. The van der Waals surface area contributed by atoms with E-state index >= 15 is 0 Å². The molecular formula is C20H26N2O3. The van der Waals surface area contributed by atoms with E-state index in [4.69, 9.17) is 4.74 Å². The summed E-state index contributed by atoms with van der Waals surface area (Å²) in [5, 5.41) is 0. The van der Waals surface area contributed by atoms with Crippen LogP contribution in [0, 0.1) is 5.41 Å². The Bertz CT molecular complexity index is 643. The maximum absolute atomic E-state index is 12.4. The van der Waals surface area contributed by atoms with Crippen LogP contribution in [0.15, 0.2) is 24.3 Å². The average Bonchev–Trinajstić information content (AvgIpc) is 3.31. The van der Waals surface area contributed by atoms with Crippen LogP contribution in [-0.4, -0.2) is 54.5 Å². The van der Waals surface area contributed by atoms with Crippen molar-refractivity contribution in [1.82, 2.24) is 9.80 Å². The molecule has 1 spiro atoms. The highest BCUT2D eigenvalue weighted by atomic mass is 16.5. The van der Waals surface area contributed by atoms with Crippen LogP contribution in [0.2, 0.25) is 0 Å². The van der Waals surface area contributed by atoms with E-state index in [-0.39, 0.29) is 17.2 Å². The summed E-state index contributed by atoms with van der Waals surface area (Å²) in [6.07, 6.45) is 4.83. The Morgan fingerprint density at radius 3 is 2.56 bits per heavy atom. The van der Waals surface area contributed by atoms with Gasteiger partial charge in [-0.25, -0.2) is 0 Å². The molecule has 5 nitrogen and oxygen atoms in total. The highest BCUT2D eigenvalue weighted by molar-refractivity contribution is 5.94. The predicted molar refractivity (Wildman–Crippen MR) is 94.1 cm³/mol. The summed E-state index contributed by atoms with van der Waals surface area (Å²) in [5.74, 6) is 0.356. The van der Waals surface area contributed by atoms with Gasteiger partial charge in [0.2, 0.25) is 5.91 Å². The van der Waals surface area contributed by atoms with Gasteiger partial charge in [-0.15, -0.1) is 0 Å². The van der Waals surface area contributed by atoms with Gasteiger partial charge < -0.3 is 14.5 Å². The standard InChI is InChI=1S/C20H26N2O3/c23-18-7-8-20(9-12-25-15-20)14-22(18)13-16-3-5-17(6-4-16)19(24)21-10-1-2-11-21/h3-6H,1-2,7-15H2/t20-/m0/s1. The zero-order valence-corrected chi connectivity index (χ0v) is 14.7. The Kier molecular flexibility index (Phi) is 4.50. The quantitative estimate of drug-likeness (QED) is 0.848. The Morgan fingerprint density at radius 2 is 1.88 bits per heavy atom. The van der Waals surface area contributed by atoms with Gasteiger partial charge in [-0.1, -0.05) is 12.1 Å². The van der Waals surface area contributed by atoms with Crippen LogP contribution in [0.1, 0.15) is 48.0 Å². The fraction of sp³-hybridized carbons (Fsp3) is 0.600. The summed E-state index contributed by atoms with van der Waals surface area (Å²) in [5.41, 5.74) is 2.00. The zero-order chi connectivity index (χ0) is 17.3. The lowest BCUT2D eigenvalue weighted by Gasteiger charge is -2.39. The molecule has 0 bridgehead atoms. The number of ether oxygens (including phenoxy) is 1. The molecule has 1 atom stereocenters. The Morgan fingerprint density at radius 1 is 1.12 bits per heavy atom. The van der Waals surface area contributed by atoms with Crippen LogP contribution in [0.5, 0.6) is 0 Å². The molecule has 4 rings (SSSR count). The maximum Gasteiger partial charge on any atom is 0.253 e. The second-order valence-corrected chi connectivity index (χ2v) is 7.75. The number of hydrogen-bond donors (Lipinski definition) is 0. The summed E-state index contributed by atoms with van der Waals surface area (Å²) >= 11 is 0. The molecule has 0 radical (unpaired) electrons. The van der Waals surface area contributed by atoms with Crippen molar-refractivity contribution < 1.29 is 14.3 Å². The van der Waals surface area contributed by atoms with E-state index in [2.05, 4.69) is 0 Å². The van der Waals surface area contributed by atoms with Gasteiger partial charge in [-0.2, -0.15) is 0 Å². The van der Waals surface area contributed by atoms with E-state index in [1.807, 2.05) is 34.1 Å². The molecule has 0 aliphatic carbocycles. The van der Waals surface area contributed by atoms with E-state index in [0.717, 1.165) is 69.7 Å². The first-order chi connectivity index (χ1) is 12.2. The average molecular weight is 342 g/mol. The van der Waals surface area contributed by atoms with Crippen molar-refractivity contribution in [3.05, 3.63) is 35.4 Å². The van der Waals surface area contributed by atoms with Crippen LogP contribution in [-0.2, 0) is 16.1 Å². The van der Waals surface area contributed by atoms with Gasteiger partial charge in [-0.05, 0) is 43.4 Å². The lowest BCUT2D eigenvalue weighted by atomic mass is 9.79. The van der Waals surface area contributed by atoms with E-state index in [9.17, 15) is 9.59 Å². The van der Waals surface area contributed by atoms with Crippen LogP contribution >= 0.6 is 0 Å². The largest absolute Gasteiger partial charge is 0.381 e. The first-order valence-corrected chi connectivity index (χ1v) is 9.39. The number of benzene rings is 1. The second-order valence-electron chi connectivity index (χ2n) is 7.75. The van der Waals surface area contributed by atoms with Gasteiger partial charge in [0.05, 0.1) is 6.61 Å². The fourth-order valence-electron chi connectivity index (χ4n) is 4.29. The Hall–Kier alpha value is -1.88. The molecule has 0 aromatic heterocycles. The molecule has 0 saturated carbocycles. The number of nitrogens with zero attached hydrogens (tertiary/aromatic N) is 2. The highest BCUT2D eigenvalue weighted by Crippen LogP contribution is 2.38. The van der Waals surface area contributed by atoms with Gasteiger partial charge in [0.1, 0.15) is 0 Å². The van der Waals surface area contributed by atoms with E-state index in [0.29, 0.717) is 13.0 Å². The molecule has 3 aliphatic heterocycles. The van der Waals surface area contributed by atoms with Crippen molar-refractivity contribution in [2.24, 2.45) is 5.41 Å². The van der Waals surface area contributed by atoms with Crippen molar-refractivity contribution in [2.75, 3.05) is 32.8 Å². The lowest BCUT2D eigenvalue weighted by molar-refractivity contribution is -0.138. The first kappa shape index (κ1) is 16.6. The third-order valence-electron chi connectivity index (χ3n) is 5.90. The Balaban J connectivity index is 1.41. The SMILES string of the molecule is O=C1CC[C@]2(CCOC2)CN1Cc1ccc(C(=O)N2CCCC2)cc1.